The van der Waals surface area contributed by atoms with E-state index in [-0.39, 0.29) is 24.0 Å². The number of anilines is 1. The standard InChI is InChI=1S/C18H18ClFN2O2S/c1-3-24-17(23)15-10-14(8-9-16(15)19)22-18(25)21-11(2)12-4-6-13(20)7-5-12/h4-11H,3H2,1-2H3,(H2,21,22,25). The minimum absolute atomic E-state index is 0.113. The Bertz CT molecular complexity index is 768. The molecule has 0 amide bonds. The van der Waals surface area contributed by atoms with E-state index in [2.05, 4.69) is 10.6 Å². The third-order valence-corrected chi connectivity index (χ3v) is 3.99. The number of benzene rings is 2. The van der Waals surface area contributed by atoms with Gasteiger partial charge in [-0.1, -0.05) is 23.7 Å². The van der Waals surface area contributed by atoms with Crippen LogP contribution in [-0.2, 0) is 4.74 Å². The van der Waals surface area contributed by atoms with Gasteiger partial charge in [-0.3, -0.25) is 0 Å². The Morgan fingerprint density at radius 3 is 2.60 bits per heavy atom. The van der Waals surface area contributed by atoms with E-state index in [0.717, 1.165) is 5.56 Å². The molecule has 0 aliphatic carbocycles. The van der Waals surface area contributed by atoms with Gasteiger partial charge in [0.25, 0.3) is 0 Å². The van der Waals surface area contributed by atoms with Gasteiger partial charge in [0.2, 0.25) is 0 Å². The fraction of sp³-hybridized carbons (Fsp3) is 0.222. The summed E-state index contributed by atoms with van der Waals surface area (Å²) in [5.74, 6) is -0.779. The van der Waals surface area contributed by atoms with Gasteiger partial charge in [0.1, 0.15) is 5.82 Å². The number of thiocarbonyl (C=S) groups is 1. The predicted molar refractivity (Wildman–Crippen MR) is 102 cm³/mol. The maximum atomic E-state index is 13.0. The molecule has 0 heterocycles. The third-order valence-electron chi connectivity index (χ3n) is 3.44. The second-order valence-corrected chi connectivity index (χ2v) is 6.10. The highest BCUT2D eigenvalue weighted by atomic mass is 35.5. The first-order valence-corrected chi connectivity index (χ1v) is 8.49. The molecular formula is C18H18ClFN2O2S. The first kappa shape index (κ1) is 19.1. The summed E-state index contributed by atoms with van der Waals surface area (Å²) >= 11 is 11.3. The molecule has 1 unspecified atom stereocenters. The molecule has 0 saturated carbocycles. The summed E-state index contributed by atoms with van der Waals surface area (Å²) in [5, 5.41) is 6.78. The molecule has 2 aromatic carbocycles. The molecule has 0 fully saturated rings. The van der Waals surface area contributed by atoms with E-state index >= 15 is 0 Å². The molecule has 132 valence electrons. The van der Waals surface area contributed by atoms with Crippen LogP contribution in [0.5, 0.6) is 0 Å². The fourth-order valence-corrected chi connectivity index (χ4v) is 2.66. The van der Waals surface area contributed by atoms with E-state index in [0.29, 0.717) is 15.8 Å². The molecule has 0 aromatic heterocycles. The van der Waals surface area contributed by atoms with E-state index in [4.69, 9.17) is 28.6 Å². The molecule has 0 spiro atoms. The van der Waals surface area contributed by atoms with Crippen LogP contribution in [0.2, 0.25) is 5.02 Å². The Labute approximate surface area is 156 Å². The van der Waals surface area contributed by atoms with Crippen molar-refractivity contribution in [1.29, 1.82) is 0 Å². The van der Waals surface area contributed by atoms with Crippen molar-refractivity contribution in [2.45, 2.75) is 19.9 Å². The van der Waals surface area contributed by atoms with Crippen LogP contribution in [0.3, 0.4) is 0 Å². The summed E-state index contributed by atoms with van der Waals surface area (Å²) in [6.07, 6.45) is 0. The highest BCUT2D eigenvalue weighted by Crippen LogP contribution is 2.22. The molecule has 0 bridgehead atoms. The number of halogens is 2. The van der Waals surface area contributed by atoms with Crippen LogP contribution in [0.4, 0.5) is 10.1 Å². The average molecular weight is 381 g/mol. The van der Waals surface area contributed by atoms with Crippen LogP contribution in [-0.4, -0.2) is 17.7 Å². The molecular weight excluding hydrogens is 363 g/mol. The van der Waals surface area contributed by atoms with E-state index in [1.54, 1.807) is 37.3 Å². The number of ether oxygens (including phenoxy) is 1. The number of carbonyl (C=O) groups is 1. The smallest absolute Gasteiger partial charge is 0.339 e. The topological polar surface area (TPSA) is 50.4 Å². The highest BCUT2D eigenvalue weighted by molar-refractivity contribution is 7.80. The summed E-state index contributed by atoms with van der Waals surface area (Å²) < 4.78 is 18.0. The summed E-state index contributed by atoms with van der Waals surface area (Å²) in [7, 11) is 0. The normalized spacial score (nSPS) is 11.5. The average Bonchev–Trinajstić information content (AvgIpc) is 2.57. The molecule has 7 heteroatoms. The molecule has 0 radical (unpaired) electrons. The van der Waals surface area contributed by atoms with Gasteiger partial charge in [0.15, 0.2) is 5.11 Å². The van der Waals surface area contributed by atoms with E-state index in [1.807, 2.05) is 6.92 Å². The molecule has 2 rings (SSSR count). The zero-order valence-electron chi connectivity index (χ0n) is 13.8. The number of rotatable bonds is 5. The number of hydrogen-bond acceptors (Lipinski definition) is 3. The van der Waals surface area contributed by atoms with Crippen LogP contribution in [0.15, 0.2) is 42.5 Å². The SMILES string of the molecule is CCOC(=O)c1cc(NC(=S)NC(C)c2ccc(F)cc2)ccc1Cl. The van der Waals surface area contributed by atoms with Gasteiger partial charge in [-0.25, -0.2) is 9.18 Å². The summed E-state index contributed by atoms with van der Waals surface area (Å²) in [6, 6.07) is 11.0. The number of hydrogen-bond donors (Lipinski definition) is 2. The van der Waals surface area contributed by atoms with Gasteiger partial charge in [-0.15, -0.1) is 0 Å². The minimum atomic E-state index is -0.491. The molecule has 2 N–H and O–H groups in total. The highest BCUT2D eigenvalue weighted by Gasteiger charge is 2.13. The number of nitrogens with one attached hydrogen (secondary N) is 2. The van der Waals surface area contributed by atoms with Crippen molar-refractivity contribution in [2.24, 2.45) is 0 Å². The van der Waals surface area contributed by atoms with Crippen LogP contribution in [0.25, 0.3) is 0 Å². The molecule has 0 aliphatic rings. The second kappa shape index (κ2) is 8.78. The Morgan fingerprint density at radius 1 is 1.28 bits per heavy atom. The third kappa shape index (κ3) is 5.41. The lowest BCUT2D eigenvalue weighted by Crippen LogP contribution is -2.31. The largest absolute Gasteiger partial charge is 0.462 e. The molecule has 4 nitrogen and oxygen atoms in total. The Kier molecular flexibility index (Phi) is 6.73. The van der Waals surface area contributed by atoms with Gasteiger partial charge in [-0.2, -0.15) is 0 Å². The van der Waals surface area contributed by atoms with Gasteiger partial charge >= 0.3 is 5.97 Å². The van der Waals surface area contributed by atoms with Crippen molar-refractivity contribution < 1.29 is 13.9 Å². The maximum Gasteiger partial charge on any atom is 0.339 e. The first-order chi connectivity index (χ1) is 11.9. The van der Waals surface area contributed by atoms with E-state index < -0.39 is 5.97 Å². The van der Waals surface area contributed by atoms with Crippen LogP contribution in [0, 0.1) is 5.82 Å². The Hall–Kier alpha value is -2.18. The molecule has 2 aromatic rings. The molecule has 0 aliphatic heterocycles. The second-order valence-electron chi connectivity index (χ2n) is 5.29. The van der Waals surface area contributed by atoms with Crippen LogP contribution < -0.4 is 10.6 Å². The van der Waals surface area contributed by atoms with Gasteiger partial charge < -0.3 is 15.4 Å². The lowest BCUT2D eigenvalue weighted by Gasteiger charge is -2.18. The molecule has 0 saturated heterocycles. The van der Waals surface area contributed by atoms with Crippen molar-refractivity contribution in [3.63, 3.8) is 0 Å². The van der Waals surface area contributed by atoms with Crippen molar-refractivity contribution in [3.05, 3.63) is 64.4 Å². The van der Waals surface area contributed by atoms with Crippen molar-refractivity contribution >= 4 is 40.6 Å². The van der Waals surface area contributed by atoms with Gasteiger partial charge in [-0.05, 0) is 62.0 Å². The van der Waals surface area contributed by atoms with Crippen molar-refractivity contribution in [1.82, 2.24) is 5.32 Å². The number of carbonyl (C=O) groups excluding carboxylic acids is 1. The van der Waals surface area contributed by atoms with Crippen LogP contribution >= 0.6 is 23.8 Å². The maximum absolute atomic E-state index is 13.0. The molecule has 25 heavy (non-hydrogen) atoms. The Balaban J connectivity index is 2.03. The Morgan fingerprint density at radius 2 is 1.96 bits per heavy atom. The van der Waals surface area contributed by atoms with Crippen molar-refractivity contribution in [2.75, 3.05) is 11.9 Å². The summed E-state index contributed by atoms with van der Waals surface area (Å²) in [5.41, 5.74) is 1.77. The lowest BCUT2D eigenvalue weighted by molar-refractivity contribution is 0.0526. The van der Waals surface area contributed by atoms with E-state index in [9.17, 15) is 9.18 Å². The lowest BCUT2D eigenvalue weighted by atomic mass is 10.1. The fourth-order valence-electron chi connectivity index (χ4n) is 2.17. The first-order valence-electron chi connectivity index (χ1n) is 7.70. The quantitative estimate of drug-likeness (QED) is 0.581. The predicted octanol–water partition coefficient (Wildman–Crippen LogP) is 4.70. The van der Waals surface area contributed by atoms with Crippen LogP contribution in [0.1, 0.15) is 35.8 Å². The summed E-state index contributed by atoms with van der Waals surface area (Å²) in [6.45, 7) is 3.90. The minimum Gasteiger partial charge on any atom is -0.462 e. The zero-order chi connectivity index (χ0) is 18.4. The summed E-state index contributed by atoms with van der Waals surface area (Å²) in [4.78, 5) is 11.9. The number of esters is 1. The van der Waals surface area contributed by atoms with Gasteiger partial charge in [0.05, 0.1) is 23.2 Å². The van der Waals surface area contributed by atoms with E-state index in [1.165, 1.54) is 12.1 Å². The van der Waals surface area contributed by atoms with Gasteiger partial charge in [0, 0.05) is 5.69 Å². The zero-order valence-corrected chi connectivity index (χ0v) is 15.4. The monoisotopic (exact) mass is 380 g/mol. The van der Waals surface area contributed by atoms with Crippen molar-refractivity contribution in [3.8, 4) is 0 Å². The molecule has 1 atom stereocenters.